The molecule has 1 heterocycles. The summed E-state index contributed by atoms with van der Waals surface area (Å²) in [7, 11) is 0. The maximum absolute atomic E-state index is 11.4. The lowest BCUT2D eigenvalue weighted by molar-refractivity contribution is 0.547. The van der Waals surface area contributed by atoms with Gasteiger partial charge in [-0.25, -0.2) is 5.84 Å². The summed E-state index contributed by atoms with van der Waals surface area (Å²) >= 11 is 0. The van der Waals surface area contributed by atoms with Gasteiger partial charge in [0.15, 0.2) is 0 Å². The predicted molar refractivity (Wildman–Crippen MR) is 49.2 cm³/mol. The Morgan fingerprint density at radius 2 is 2.00 bits per heavy atom. The van der Waals surface area contributed by atoms with Gasteiger partial charge in [0.05, 0.1) is 0 Å². The highest BCUT2D eigenvalue weighted by Gasteiger charge is 2.20. The SMILES string of the molecule is CC(C)(C)c1nnc(NN)[nH]c1=O. The maximum atomic E-state index is 11.4. The van der Waals surface area contributed by atoms with E-state index >= 15 is 0 Å². The van der Waals surface area contributed by atoms with Gasteiger partial charge in [-0.05, 0) is 0 Å². The minimum absolute atomic E-state index is 0.165. The van der Waals surface area contributed by atoms with Crippen LogP contribution in [0, 0.1) is 0 Å². The Morgan fingerprint density at radius 3 is 2.38 bits per heavy atom. The standard InChI is InChI=1S/C7H13N5O/c1-7(2,3)4-5(13)9-6(10-8)12-11-4/h8H2,1-3H3,(H2,9,10,12,13). The zero-order chi connectivity index (χ0) is 10.1. The lowest BCUT2D eigenvalue weighted by Gasteiger charge is -2.14. The van der Waals surface area contributed by atoms with Crippen molar-refractivity contribution in [2.24, 2.45) is 5.84 Å². The quantitative estimate of drug-likeness (QED) is 0.412. The van der Waals surface area contributed by atoms with E-state index in [1.165, 1.54) is 0 Å². The number of anilines is 1. The molecule has 0 radical (unpaired) electrons. The second-order valence-corrected chi connectivity index (χ2v) is 3.75. The highest BCUT2D eigenvalue weighted by atomic mass is 16.1. The molecule has 0 spiro atoms. The number of hydrogen-bond acceptors (Lipinski definition) is 5. The van der Waals surface area contributed by atoms with Crippen LogP contribution in [0.4, 0.5) is 5.95 Å². The molecule has 1 aromatic rings. The molecule has 0 saturated heterocycles. The molecule has 0 aliphatic heterocycles. The number of H-pyrrole nitrogens is 1. The Hall–Kier alpha value is -1.43. The first-order chi connectivity index (χ1) is 5.95. The molecule has 0 aromatic carbocycles. The highest BCUT2D eigenvalue weighted by molar-refractivity contribution is 5.20. The summed E-state index contributed by atoms with van der Waals surface area (Å²) in [4.78, 5) is 13.9. The summed E-state index contributed by atoms with van der Waals surface area (Å²) < 4.78 is 0. The monoisotopic (exact) mass is 183 g/mol. The molecule has 0 saturated carbocycles. The molecule has 6 nitrogen and oxygen atoms in total. The molecule has 1 rings (SSSR count). The number of nitrogens with two attached hydrogens (primary N) is 1. The van der Waals surface area contributed by atoms with Crippen molar-refractivity contribution in [3.05, 3.63) is 16.0 Å². The van der Waals surface area contributed by atoms with Crippen LogP contribution in [0.5, 0.6) is 0 Å². The van der Waals surface area contributed by atoms with Crippen LogP contribution in [0.3, 0.4) is 0 Å². The Morgan fingerprint density at radius 1 is 1.38 bits per heavy atom. The third-order valence-corrected chi connectivity index (χ3v) is 1.54. The van der Waals surface area contributed by atoms with Crippen LogP contribution < -0.4 is 16.8 Å². The molecule has 0 bridgehead atoms. The van der Waals surface area contributed by atoms with Gasteiger partial charge in [0.1, 0.15) is 5.69 Å². The van der Waals surface area contributed by atoms with E-state index in [0.29, 0.717) is 5.69 Å². The van der Waals surface area contributed by atoms with Crippen molar-refractivity contribution >= 4 is 5.95 Å². The van der Waals surface area contributed by atoms with Crippen LogP contribution in [0.25, 0.3) is 0 Å². The van der Waals surface area contributed by atoms with Crippen LogP contribution in [-0.4, -0.2) is 15.2 Å². The van der Waals surface area contributed by atoms with E-state index in [0.717, 1.165) is 0 Å². The van der Waals surface area contributed by atoms with Gasteiger partial charge in [0, 0.05) is 5.41 Å². The number of hydrogen-bond donors (Lipinski definition) is 3. The Bertz CT molecular complexity index is 351. The number of rotatable bonds is 1. The van der Waals surface area contributed by atoms with Gasteiger partial charge in [-0.15, -0.1) is 10.2 Å². The molecule has 4 N–H and O–H groups in total. The molecule has 0 fully saturated rings. The molecular weight excluding hydrogens is 170 g/mol. The van der Waals surface area contributed by atoms with Crippen LogP contribution in [-0.2, 0) is 5.41 Å². The first kappa shape index (κ1) is 9.66. The summed E-state index contributed by atoms with van der Waals surface area (Å²) in [5.41, 5.74) is 2.03. The summed E-state index contributed by atoms with van der Waals surface area (Å²) in [6, 6.07) is 0. The Balaban J connectivity index is 3.21. The van der Waals surface area contributed by atoms with Crippen molar-refractivity contribution in [1.82, 2.24) is 15.2 Å². The van der Waals surface area contributed by atoms with Gasteiger partial charge in [-0.3, -0.25) is 15.2 Å². The largest absolute Gasteiger partial charge is 0.293 e. The predicted octanol–water partition coefficient (Wildman–Crippen LogP) is -0.252. The topological polar surface area (TPSA) is 96.7 Å². The van der Waals surface area contributed by atoms with Gasteiger partial charge in [-0.1, -0.05) is 20.8 Å². The van der Waals surface area contributed by atoms with E-state index in [9.17, 15) is 4.79 Å². The van der Waals surface area contributed by atoms with E-state index in [1.54, 1.807) is 0 Å². The zero-order valence-corrected chi connectivity index (χ0v) is 7.88. The van der Waals surface area contributed by atoms with E-state index in [2.05, 4.69) is 20.6 Å². The van der Waals surface area contributed by atoms with E-state index in [-0.39, 0.29) is 16.9 Å². The molecular formula is C7H13N5O. The van der Waals surface area contributed by atoms with Gasteiger partial charge >= 0.3 is 0 Å². The zero-order valence-electron chi connectivity index (χ0n) is 7.88. The number of hydrazine groups is 1. The number of nitrogen functional groups attached to an aromatic ring is 1. The Kier molecular flexibility index (Phi) is 2.33. The van der Waals surface area contributed by atoms with Crippen LogP contribution in [0.1, 0.15) is 26.5 Å². The van der Waals surface area contributed by atoms with Gasteiger partial charge < -0.3 is 0 Å². The second-order valence-electron chi connectivity index (χ2n) is 3.75. The van der Waals surface area contributed by atoms with Crippen LogP contribution in [0.2, 0.25) is 0 Å². The van der Waals surface area contributed by atoms with Crippen LogP contribution in [0.15, 0.2) is 4.79 Å². The number of nitrogens with one attached hydrogen (secondary N) is 2. The molecule has 6 heteroatoms. The maximum Gasteiger partial charge on any atom is 0.274 e. The van der Waals surface area contributed by atoms with Gasteiger partial charge in [-0.2, -0.15) is 0 Å². The Labute approximate surface area is 75.5 Å². The summed E-state index contributed by atoms with van der Waals surface area (Å²) in [5, 5.41) is 7.47. The highest BCUT2D eigenvalue weighted by Crippen LogP contribution is 2.14. The molecule has 1 aromatic heterocycles. The minimum atomic E-state index is -0.312. The second kappa shape index (κ2) is 3.14. The number of aromatic nitrogens is 3. The molecule has 72 valence electrons. The van der Waals surface area contributed by atoms with Crippen molar-refractivity contribution < 1.29 is 0 Å². The number of nitrogens with zero attached hydrogens (tertiary/aromatic N) is 2. The molecule has 0 atom stereocenters. The molecule has 0 aliphatic rings. The normalized spacial score (nSPS) is 11.4. The van der Waals surface area contributed by atoms with E-state index in [1.807, 2.05) is 20.8 Å². The molecule has 0 aliphatic carbocycles. The lowest BCUT2D eigenvalue weighted by atomic mass is 9.93. The first-order valence-electron chi connectivity index (χ1n) is 3.89. The fourth-order valence-electron chi connectivity index (χ4n) is 0.893. The van der Waals surface area contributed by atoms with E-state index in [4.69, 9.17) is 5.84 Å². The molecule has 0 amide bonds. The fourth-order valence-corrected chi connectivity index (χ4v) is 0.893. The van der Waals surface area contributed by atoms with Crippen molar-refractivity contribution in [3.8, 4) is 0 Å². The van der Waals surface area contributed by atoms with Gasteiger partial charge in [0.25, 0.3) is 5.56 Å². The molecule has 13 heavy (non-hydrogen) atoms. The van der Waals surface area contributed by atoms with Crippen molar-refractivity contribution in [2.75, 3.05) is 5.43 Å². The minimum Gasteiger partial charge on any atom is -0.293 e. The van der Waals surface area contributed by atoms with Gasteiger partial charge in [0.2, 0.25) is 5.95 Å². The van der Waals surface area contributed by atoms with E-state index < -0.39 is 0 Å². The van der Waals surface area contributed by atoms with Crippen LogP contribution >= 0.6 is 0 Å². The summed E-state index contributed by atoms with van der Waals surface area (Å²) in [5.74, 6) is 5.22. The van der Waals surface area contributed by atoms with Crippen molar-refractivity contribution in [3.63, 3.8) is 0 Å². The fraction of sp³-hybridized carbons (Fsp3) is 0.571. The first-order valence-corrected chi connectivity index (χ1v) is 3.89. The summed E-state index contributed by atoms with van der Waals surface area (Å²) in [6.07, 6.45) is 0. The summed E-state index contributed by atoms with van der Waals surface area (Å²) in [6.45, 7) is 5.67. The molecule has 0 unspecified atom stereocenters. The third-order valence-electron chi connectivity index (χ3n) is 1.54. The average Bonchev–Trinajstić information content (AvgIpc) is 2.01. The average molecular weight is 183 g/mol. The van der Waals surface area contributed by atoms with Crippen molar-refractivity contribution in [2.45, 2.75) is 26.2 Å². The number of aromatic amines is 1. The smallest absolute Gasteiger partial charge is 0.274 e. The lowest BCUT2D eigenvalue weighted by Crippen LogP contribution is -2.29. The van der Waals surface area contributed by atoms with Crippen molar-refractivity contribution in [1.29, 1.82) is 0 Å². The third kappa shape index (κ3) is 2.03.